The van der Waals surface area contributed by atoms with Crippen molar-refractivity contribution < 1.29 is 0 Å². The lowest BCUT2D eigenvalue weighted by molar-refractivity contribution is 0.889. The maximum Gasteiger partial charge on any atom is 0.224 e. The summed E-state index contributed by atoms with van der Waals surface area (Å²) in [6, 6.07) is 0.250. The van der Waals surface area contributed by atoms with Gasteiger partial charge >= 0.3 is 0 Å². The molecule has 0 aliphatic carbocycles. The molecule has 2 aromatic rings. The number of nitrogens with one attached hydrogen (secondary N) is 1. The van der Waals surface area contributed by atoms with Gasteiger partial charge in [0.2, 0.25) is 5.95 Å². The average Bonchev–Trinajstić information content (AvgIpc) is 2.18. The fourth-order valence-corrected chi connectivity index (χ4v) is 1.39. The lowest BCUT2D eigenvalue weighted by Crippen LogP contribution is -2.13. The van der Waals surface area contributed by atoms with Crippen LogP contribution in [0.3, 0.4) is 0 Å². The van der Waals surface area contributed by atoms with E-state index in [-0.39, 0.29) is 12.0 Å². The van der Waals surface area contributed by atoms with Crippen LogP contribution in [-0.4, -0.2) is 26.0 Å². The molecule has 0 saturated carbocycles. The van der Waals surface area contributed by atoms with Crippen LogP contribution < -0.4 is 11.1 Å². The van der Waals surface area contributed by atoms with E-state index in [2.05, 4.69) is 25.3 Å². The van der Waals surface area contributed by atoms with Gasteiger partial charge in [-0.15, -0.1) is 0 Å². The van der Waals surface area contributed by atoms with Gasteiger partial charge in [0.15, 0.2) is 17.0 Å². The summed E-state index contributed by atoms with van der Waals surface area (Å²) < 4.78 is 0. The number of rotatable bonds is 2. The molecule has 0 radical (unpaired) electrons. The second-order valence-corrected chi connectivity index (χ2v) is 3.91. The molecule has 0 atom stereocenters. The van der Waals surface area contributed by atoms with Gasteiger partial charge in [0.05, 0.1) is 11.9 Å². The Morgan fingerprint density at radius 3 is 2.69 bits per heavy atom. The lowest BCUT2D eigenvalue weighted by Gasteiger charge is -2.11. The first kappa shape index (κ1) is 10.5. The molecule has 6 heteroatoms. The maximum absolute atomic E-state index is 5.61. The minimum atomic E-state index is 0.203. The quantitative estimate of drug-likeness (QED) is 0.785. The van der Waals surface area contributed by atoms with Crippen LogP contribution in [0.2, 0.25) is 0 Å². The summed E-state index contributed by atoms with van der Waals surface area (Å²) >= 11 is 0. The number of aryl methyl sites for hydroxylation is 1. The number of nitrogen functional groups attached to an aromatic ring is 1. The fourth-order valence-electron chi connectivity index (χ4n) is 1.39. The highest BCUT2D eigenvalue weighted by molar-refractivity contribution is 5.83. The average molecular weight is 218 g/mol. The van der Waals surface area contributed by atoms with E-state index in [4.69, 9.17) is 5.73 Å². The molecule has 2 aromatic heterocycles. The monoisotopic (exact) mass is 218 g/mol. The van der Waals surface area contributed by atoms with Crippen molar-refractivity contribution in [3.8, 4) is 0 Å². The Labute approximate surface area is 93.3 Å². The van der Waals surface area contributed by atoms with Crippen molar-refractivity contribution in [2.45, 2.75) is 26.8 Å². The van der Waals surface area contributed by atoms with E-state index in [1.165, 1.54) is 0 Å². The van der Waals surface area contributed by atoms with Crippen molar-refractivity contribution >= 4 is 22.9 Å². The highest BCUT2D eigenvalue weighted by Crippen LogP contribution is 2.18. The minimum absolute atomic E-state index is 0.203. The number of fused-ring (bicyclic) bond motifs is 1. The molecule has 6 nitrogen and oxygen atoms in total. The van der Waals surface area contributed by atoms with Gasteiger partial charge in [-0.2, -0.15) is 9.97 Å². The van der Waals surface area contributed by atoms with E-state index < -0.39 is 0 Å². The van der Waals surface area contributed by atoms with E-state index in [0.29, 0.717) is 17.0 Å². The highest BCUT2D eigenvalue weighted by atomic mass is 15.1. The van der Waals surface area contributed by atoms with Crippen LogP contribution in [0.5, 0.6) is 0 Å². The van der Waals surface area contributed by atoms with Gasteiger partial charge in [-0.25, -0.2) is 9.97 Å². The van der Waals surface area contributed by atoms with Crippen molar-refractivity contribution in [1.29, 1.82) is 0 Å². The second kappa shape index (κ2) is 3.88. The molecule has 2 heterocycles. The van der Waals surface area contributed by atoms with Crippen LogP contribution >= 0.6 is 0 Å². The largest absolute Gasteiger partial charge is 0.368 e. The predicted molar refractivity (Wildman–Crippen MR) is 63.0 cm³/mol. The van der Waals surface area contributed by atoms with Crippen LogP contribution in [0.1, 0.15) is 19.5 Å². The summed E-state index contributed by atoms with van der Waals surface area (Å²) in [5.41, 5.74) is 7.61. The third kappa shape index (κ3) is 2.00. The van der Waals surface area contributed by atoms with E-state index in [1.54, 1.807) is 6.20 Å². The fraction of sp³-hybridized carbons (Fsp3) is 0.400. The number of nitrogens with zero attached hydrogens (tertiary/aromatic N) is 4. The molecule has 3 N–H and O–H groups in total. The van der Waals surface area contributed by atoms with Gasteiger partial charge in [-0.05, 0) is 20.8 Å². The van der Waals surface area contributed by atoms with Gasteiger partial charge < -0.3 is 11.1 Å². The topological polar surface area (TPSA) is 89.6 Å². The second-order valence-electron chi connectivity index (χ2n) is 3.91. The van der Waals surface area contributed by atoms with E-state index in [1.807, 2.05) is 20.8 Å². The Hall–Kier alpha value is -1.98. The zero-order valence-corrected chi connectivity index (χ0v) is 9.52. The summed E-state index contributed by atoms with van der Waals surface area (Å²) in [6.07, 6.45) is 1.66. The molecule has 16 heavy (non-hydrogen) atoms. The Morgan fingerprint density at radius 2 is 2.00 bits per heavy atom. The normalized spacial score (nSPS) is 11.0. The molecular weight excluding hydrogens is 204 g/mol. The minimum Gasteiger partial charge on any atom is -0.368 e. The van der Waals surface area contributed by atoms with Crippen molar-refractivity contribution in [3.63, 3.8) is 0 Å². The zero-order chi connectivity index (χ0) is 11.7. The van der Waals surface area contributed by atoms with Crippen LogP contribution in [0.15, 0.2) is 6.20 Å². The van der Waals surface area contributed by atoms with E-state index >= 15 is 0 Å². The molecule has 0 spiro atoms. The number of aromatic nitrogens is 4. The van der Waals surface area contributed by atoms with Gasteiger partial charge in [-0.1, -0.05) is 0 Å². The number of hydrogen-bond donors (Lipinski definition) is 2. The number of hydrogen-bond acceptors (Lipinski definition) is 6. The molecule has 0 unspecified atom stereocenters. The third-order valence-corrected chi connectivity index (χ3v) is 1.97. The molecule has 0 aliphatic heterocycles. The van der Waals surface area contributed by atoms with Crippen molar-refractivity contribution in [3.05, 3.63) is 11.9 Å². The summed E-state index contributed by atoms with van der Waals surface area (Å²) in [5, 5.41) is 3.18. The molecular formula is C10H14N6. The number of nitrogens with two attached hydrogens (primary N) is 1. The van der Waals surface area contributed by atoms with Crippen molar-refractivity contribution in [2.75, 3.05) is 11.1 Å². The van der Waals surface area contributed by atoms with Crippen LogP contribution in [0, 0.1) is 6.92 Å². The summed E-state index contributed by atoms with van der Waals surface area (Å²) in [4.78, 5) is 16.7. The van der Waals surface area contributed by atoms with E-state index in [0.717, 1.165) is 5.69 Å². The standard InChI is InChI=1S/C10H14N6/c1-5(2)13-9-7-8(15-10(11)16-9)12-4-6(3)14-7/h4-5H,1-3H3,(H3,11,12,13,15,16). The van der Waals surface area contributed by atoms with Gasteiger partial charge in [0.25, 0.3) is 0 Å². The summed E-state index contributed by atoms with van der Waals surface area (Å²) in [7, 11) is 0. The van der Waals surface area contributed by atoms with Gasteiger partial charge in [0, 0.05) is 6.04 Å². The van der Waals surface area contributed by atoms with Crippen LogP contribution in [0.4, 0.5) is 11.8 Å². The Balaban J connectivity index is 2.64. The molecule has 0 aliphatic rings. The Morgan fingerprint density at radius 1 is 1.25 bits per heavy atom. The smallest absolute Gasteiger partial charge is 0.224 e. The first-order valence-corrected chi connectivity index (χ1v) is 5.09. The predicted octanol–water partition coefficient (Wildman–Crippen LogP) is 1.13. The zero-order valence-electron chi connectivity index (χ0n) is 9.52. The summed E-state index contributed by atoms with van der Waals surface area (Å²) in [6.45, 7) is 5.92. The first-order valence-electron chi connectivity index (χ1n) is 5.09. The SMILES string of the molecule is Cc1cnc2nc(N)nc(NC(C)C)c2n1. The summed E-state index contributed by atoms with van der Waals surface area (Å²) in [5.74, 6) is 0.836. The van der Waals surface area contributed by atoms with Gasteiger partial charge in [0.1, 0.15) is 0 Å². The molecule has 0 aromatic carbocycles. The van der Waals surface area contributed by atoms with Gasteiger partial charge in [-0.3, -0.25) is 0 Å². The molecule has 0 amide bonds. The highest BCUT2D eigenvalue weighted by Gasteiger charge is 2.09. The van der Waals surface area contributed by atoms with Crippen LogP contribution in [-0.2, 0) is 0 Å². The van der Waals surface area contributed by atoms with Crippen molar-refractivity contribution in [1.82, 2.24) is 19.9 Å². The Bertz CT molecular complexity index is 522. The first-order chi connectivity index (χ1) is 7.56. The molecule has 0 bridgehead atoms. The van der Waals surface area contributed by atoms with E-state index in [9.17, 15) is 0 Å². The molecule has 84 valence electrons. The molecule has 0 fully saturated rings. The molecule has 2 rings (SSSR count). The number of anilines is 2. The van der Waals surface area contributed by atoms with Crippen LogP contribution in [0.25, 0.3) is 11.2 Å². The maximum atomic E-state index is 5.61. The van der Waals surface area contributed by atoms with Crippen molar-refractivity contribution in [2.24, 2.45) is 0 Å². The lowest BCUT2D eigenvalue weighted by atomic mass is 10.3. The Kier molecular flexibility index (Phi) is 2.55. The third-order valence-electron chi connectivity index (χ3n) is 1.97. The molecule has 0 saturated heterocycles.